The van der Waals surface area contributed by atoms with E-state index in [4.69, 9.17) is 9.47 Å². The fourth-order valence-electron chi connectivity index (χ4n) is 3.27. The number of carbonyl (C=O) groups is 1. The minimum absolute atomic E-state index is 0.0223. The van der Waals surface area contributed by atoms with Gasteiger partial charge in [0, 0.05) is 18.7 Å². The molecule has 166 valence electrons. The lowest BCUT2D eigenvalue weighted by atomic mass is 10.1. The maximum Gasteiger partial charge on any atom is 0.417 e. The highest BCUT2D eigenvalue weighted by molar-refractivity contribution is 5.93. The standard InChI is InChI=1S/C20H17F3N6O3/c1-4-31-19(30)17-16(25-28-26-17)11-5-7-12(8-6-11)32-14-9-13(20(21,22)23)15-10(2)27-29(3)18(15)24-14/h5-9H,4H2,1-3H3,(H,25,26,28). The third kappa shape index (κ3) is 3.86. The molecule has 3 aromatic heterocycles. The lowest BCUT2D eigenvalue weighted by molar-refractivity contribution is -0.136. The summed E-state index contributed by atoms with van der Waals surface area (Å²) in [6.45, 7) is 3.35. The van der Waals surface area contributed by atoms with Crippen LogP contribution in [-0.4, -0.2) is 42.8 Å². The summed E-state index contributed by atoms with van der Waals surface area (Å²) < 4.78 is 52.7. The van der Waals surface area contributed by atoms with Crippen molar-refractivity contribution in [1.82, 2.24) is 30.2 Å². The zero-order chi connectivity index (χ0) is 23.0. The van der Waals surface area contributed by atoms with Crippen molar-refractivity contribution in [1.29, 1.82) is 0 Å². The molecule has 0 aliphatic rings. The Bertz CT molecular complexity index is 1290. The van der Waals surface area contributed by atoms with Crippen LogP contribution in [0.2, 0.25) is 0 Å². The van der Waals surface area contributed by atoms with Gasteiger partial charge >= 0.3 is 12.1 Å². The third-order valence-electron chi connectivity index (χ3n) is 4.62. The molecule has 1 aromatic carbocycles. The molecule has 3 heterocycles. The van der Waals surface area contributed by atoms with Gasteiger partial charge in [-0.3, -0.25) is 4.68 Å². The minimum Gasteiger partial charge on any atom is -0.461 e. The molecule has 0 bridgehead atoms. The van der Waals surface area contributed by atoms with Crippen LogP contribution in [0.3, 0.4) is 0 Å². The number of aromatic nitrogens is 6. The first-order chi connectivity index (χ1) is 15.2. The fraction of sp³-hybridized carbons (Fsp3) is 0.250. The number of ether oxygens (including phenoxy) is 2. The summed E-state index contributed by atoms with van der Waals surface area (Å²) in [7, 11) is 1.51. The molecular weight excluding hydrogens is 429 g/mol. The summed E-state index contributed by atoms with van der Waals surface area (Å²) in [4.78, 5) is 16.2. The van der Waals surface area contributed by atoms with Gasteiger partial charge in [-0.05, 0) is 38.1 Å². The van der Waals surface area contributed by atoms with Gasteiger partial charge in [0.05, 0.1) is 23.3 Å². The molecule has 0 aliphatic carbocycles. The van der Waals surface area contributed by atoms with Crippen LogP contribution in [-0.2, 0) is 18.0 Å². The van der Waals surface area contributed by atoms with E-state index in [-0.39, 0.29) is 46.4 Å². The normalized spacial score (nSPS) is 11.7. The Morgan fingerprint density at radius 2 is 1.91 bits per heavy atom. The Balaban J connectivity index is 1.66. The molecule has 0 radical (unpaired) electrons. The topological polar surface area (TPSA) is 108 Å². The largest absolute Gasteiger partial charge is 0.461 e. The van der Waals surface area contributed by atoms with Gasteiger partial charge in [0.25, 0.3) is 0 Å². The smallest absolute Gasteiger partial charge is 0.417 e. The highest BCUT2D eigenvalue weighted by Crippen LogP contribution is 2.38. The molecule has 0 atom stereocenters. The Morgan fingerprint density at radius 3 is 2.56 bits per heavy atom. The average molecular weight is 446 g/mol. The summed E-state index contributed by atoms with van der Waals surface area (Å²) in [5.41, 5.74) is 0.249. The maximum atomic E-state index is 13.6. The highest BCUT2D eigenvalue weighted by Gasteiger charge is 2.35. The SMILES string of the molecule is CCOC(=O)c1n[nH]nc1-c1ccc(Oc2cc(C(F)(F)F)c3c(C)nn(C)c3n2)cc1. The minimum atomic E-state index is -4.60. The summed E-state index contributed by atoms with van der Waals surface area (Å²) in [6, 6.07) is 7.07. The highest BCUT2D eigenvalue weighted by atomic mass is 19.4. The second-order valence-electron chi connectivity index (χ2n) is 6.78. The number of hydrogen-bond acceptors (Lipinski definition) is 7. The number of carbonyl (C=O) groups excluding carboxylic acids is 1. The van der Waals surface area contributed by atoms with Crippen LogP contribution in [0.25, 0.3) is 22.3 Å². The number of benzene rings is 1. The monoisotopic (exact) mass is 446 g/mol. The van der Waals surface area contributed by atoms with Crippen LogP contribution in [0.4, 0.5) is 13.2 Å². The molecule has 12 heteroatoms. The Hall–Kier alpha value is -3.96. The van der Waals surface area contributed by atoms with E-state index in [0.717, 1.165) is 6.07 Å². The molecule has 0 saturated carbocycles. The first-order valence-corrected chi connectivity index (χ1v) is 9.46. The van der Waals surface area contributed by atoms with E-state index in [1.54, 1.807) is 19.1 Å². The van der Waals surface area contributed by atoms with Crippen molar-refractivity contribution in [3.63, 3.8) is 0 Å². The van der Waals surface area contributed by atoms with Gasteiger partial charge in [0.15, 0.2) is 11.3 Å². The van der Waals surface area contributed by atoms with Crippen molar-refractivity contribution in [3.8, 4) is 22.9 Å². The van der Waals surface area contributed by atoms with E-state index in [0.29, 0.717) is 5.56 Å². The van der Waals surface area contributed by atoms with Gasteiger partial charge < -0.3 is 9.47 Å². The number of alkyl halides is 3. The molecule has 32 heavy (non-hydrogen) atoms. The fourth-order valence-corrected chi connectivity index (χ4v) is 3.27. The van der Waals surface area contributed by atoms with Gasteiger partial charge in [-0.15, -0.1) is 5.10 Å². The molecule has 0 spiro atoms. The van der Waals surface area contributed by atoms with Gasteiger partial charge in [0.1, 0.15) is 11.4 Å². The van der Waals surface area contributed by atoms with E-state index in [9.17, 15) is 18.0 Å². The van der Waals surface area contributed by atoms with Crippen LogP contribution >= 0.6 is 0 Å². The number of aryl methyl sites for hydroxylation is 2. The van der Waals surface area contributed by atoms with Crippen LogP contribution < -0.4 is 4.74 Å². The Morgan fingerprint density at radius 1 is 1.19 bits per heavy atom. The van der Waals surface area contributed by atoms with Crippen molar-refractivity contribution >= 4 is 17.0 Å². The van der Waals surface area contributed by atoms with E-state index in [1.165, 1.54) is 30.8 Å². The number of pyridine rings is 1. The number of aromatic amines is 1. The van der Waals surface area contributed by atoms with Crippen LogP contribution in [0, 0.1) is 6.92 Å². The maximum absolute atomic E-state index is 13.6. The van der Waals surface area contributed by atoms with Crippen molar-refractivity contribution in [2.75, 3.05) is 6.61 Å². The number of nitrogens with one attached hydrogen (secondary N) is 1. The van der Waals surface area contributed by atoms with Crippen molar-refractivity contribution < 1.29 is 27.4 Å². The quantitative estimate of drug-likeness (QED) is 0.461. The molecule has 9 nitrogen and oxygen atoms in total. The van der Waals surface area contributed by atoms with Crippen molar-refractivity contribution in [2.45, 2.75) is 20.0 Å². The van der Waals surface area contributed by atoms with Crippen LogP contribution in [0.5, 0.6) is 11.6 Å². The molecular formula is C20H17F3N6O3. The van der Waals surface area contributed by atoms with Gasteiger partial charge in [-0.2, -0.15) is 33.6 Å². The first kappa shape index (κ1) is 21.3. The van der Waals surface area contributed by atoms with Crippen molar-refractivity contribution in [3.05, 3.63) is 47.3 Å². The second kappa shape index (κ2) is 7.94. The Labute approximate surface area is 179 Å². The third-order valence-corrected chi connectivity index (χ3v) is 4.62. The van der Waals surface area contributed by atoms with Crippen molar-refractivity contribution in [2.24, 2.45) is 7.05 Å². The zero-order valence-electron chi connectivity index (χ0n) is 17.2. The van der Waals surface area contributed by atoms with E-state index in [1.807, 2.05) is 0 Å². The molecule has 0 saturated heterocycles. The number of nitrogens with zero attached hydrogens (tertiary/aromatic N) is 5. The predicted molar refractivity (Wildman–Crippen MR) is 106 cm³/mol. The number of fused-ring (bicyclic) bond motifs is 1. The first-order valence-electron chi connectivity index (χ1n) is 9.46. The number of rotatable bonds is 5. The molecule has 4 aromatic rings. The summed E-state index contributed by atoms with van der Waals surface area (Å²) >= 11 is 0. The summed E-state index contributed by atoms with van der Waals surface area (Å²) in [5.74, 6) is -0.608. The number of halogens is 3. The van der Waals surface area contributed by atoms with E-state index in [2.05, 4.69) is 25.5 Å². The lowest BCUT2D eigenvalue weighted by Crippen LogP contribution is -2.07. The average Bonchev–Trinajstić information content (AvgIpc) is 3.33. The van der Waals surface area contributed by atoms with Crippen LogP contribution in [0.1, 0.15) is 28.7 Å². The zero-order valence-corrected chi connectivity index (χ0v) is 17.2. The van der Waals surface area contributed by atoms with Gasteiger partial charge in [-0.1, -0.05) is 0 Å². The van der Waals surface area contributed by atoms with Gasteiger partial charge in [0.2, 0.25) is 5.88 Å². The van der Waals surface area contributed by atoms with E-state index < -0.39 is 17.7 Å². The number of esters is 1. The number of hydrogen-bond donors (Lipinski definition) is 1. The van der Waals surface area contributed by atoms with Gasteiger partial charge in [-0.25, -0.2) is 4.79 Å². The molecule has 4 rings (SSSR count). The number of H-pyrrole nitrogens is 1. The molecule has 0 aliphatic heterocycles. The van der Waals surface area contributed by atoms with E-state index >= 15 is 0 Å². The predicted octanol–water partition coefficient (Wildman–Crippen LogP) is 4.05. The molecule has 0 unspecified atom stereocenters. The molecule has 0 fully saturated rings. The lowest BCUT2D eigenvalue weighted by Gasteiger charge is -2.12. The Kier molecular flexibility index (Phi) is 5.28. The second-order valence-corrected chi connectivity index (χ2v) is 6.78. The van der Waals surface area contributed by atoms with Crippen LogP contribution in [0.15, 0.2) is 30.3 Å². The molecule has 0 amide bonds. The summed E-state index contributed by atoms with van der Waals surface area (Å²) in [5, 5.41) is 14.1. The molecule has 1 N–H and O–H groups in total. The summed E-state index contributed by atoms with van der Waals surface area (Å²) in [6.07, 6.45) is -4.60.